The number of H-pyrrole nitrogens is 1. The van der Waals surface area contributed by atoms with Crippen LogP contribution in [0, 0.1) is 0 Å². The standard InChI is InChI=1S/C4H7N3O2S.ClH/c1-10(8,9)7-4-2-3-5-6-4;/h2-3H,1H3,(H2,5,6,7);1H. The summed E-state index contributed by atoms with van der Waals surface area (Å²) in [5.41, 5.74) is 0. The molecule has 11 heavy (non-hydrogen) atoms. The maximum Gasteiger partial charge on any atom is 0.230 e. The number of halogens is 1. The fraction of sp³-hybridized carbons (Fsp3) is 0.250. The lowest BCUT2D eigenvalue weighted by Gasteiger charge is -1.96. The van der Waals surface area contributed by atoms with Gasteiger partial charge in [-0.25, -0.2) is 8.42 Å². The Morgan fingerprint density at radius 1 is 1.64 bits per heavy atom. The van der Waals surface area contributed by atoms with Crippen molar-refractivity contribution in [3.05, 3.63) is 12.3 Å². The van der Waals surface area contributed by atoms with E-state index in [1.807, 2.05) is 0 Å². The Kier molecular flexibility index (Phi) is 3.34. The highest BCUT2D eigenvalue weighted by Gasteiger charge is 2.00. The van der Waals surface area contributed by atoms with Crippen LogP contribution in [0.2, 0.25) is 0 Å². The Labute approximate surface area is 70.7 Å². The topological polar surface area (TPSA) is 74.8 Å². The van der Waals surface area contributed by atoms with E-state index >= 15 is 0 Å². The van der Waals surface area contributed by atoms with E-state index in [1.165, 1.54) is 12.3 Å². The van der Waals surface area contributed by atoms with E-state index in [2.05, 4.69) is 14.9 Å². The third kappa shape index (κ3) is 3.84. The van der Waals surface area contributed by atoms with Crippen molar-refractivity contribution in [3.8, 4) is 0 Å². The summed E-state index contributed by atoms with van der Waals surface area (Å²) >= 11 is 0. The lowest BCUT2D eigenvalue weighted by molar-refractivity contribution is 0.606. The quantitative estimate of drug-likeness (QED) is 0.712. The van der Waals surface area contributed by atoms with E-state index in [9.17, 15) is 8.42 Å². The van der Waals surface area contributed by atoms with Gasteiger partial charge >= 0.3 is 0 Å². The predicted molar refractivity (Wildman–Crippen MR) is 44.3 cm³/mol. The molecule has 1 heterocycles. The number of aromatic nitrogens is 2. The van der Waals surface area contributed by atoms with Crippen molar-refractivity contribution in [1.29, 1.82) is 0 Å². The van der Waals surface area contributed by atoms with Gasteiger partial charge in [-0.2, -0.15) is 5.10 Å². The van der Waals surface area contributed by atoms with Crippen LogP contribution in [0.5, 0.6) is 0 Å². The van der Waals surface area contributed by atoms with Crippen molar-refractivity contribution in [1.82, 2.24) is 10.2 Å². The molecule has 5 nitrogen and oxygen atoms in total. The largest absolute Gasteiger partial charge is 0.268 e. The van der Waals surface area contributed by atoms with Crippen molar-refractivity contribution in [2.75, 3.05) is 11.0 Å². The van der Waals surface area contributed by atoms with Crippen LogP contribution in [0.4, 0.5) is 5.82 Å². The normalized spacial score (nSPS) is 10.3. The monoisotopic (exact) mass is 197 g/mol. The van der Waals surface area contributed by atoms with Crippen molar-refractivity contribution in [3.63, 3.8) is 0 Å². The van der Waals surface area contributed by atoms with E-state index in [0.29, 0.717) is 5.82 Å². The molecule has 0 atom stereocenters. The van der Waals surface area contributed by atoms with Gasteiger partial charge in [-0.1, -0.05) is 0 Å². The molecule has 1 aromatic rings. The number of anilines is 1. The average molecular weight is 198 g/mol. The third-order valence-corrected chi connectivity index (χ3v) is 1.39. The predicted octanol–water partition coefficient (Wildman–Crippen LogP) is 0.203. The SMILES string of the molecule is CS(=O)(=O)Nc1ccn[nH]1.Cl. The van der Waals surface area contributed by atoms with Gasteiger partial charge in [0, 0.05) is 6.07 Å². The van der Waals surface area contributed by atoms with Gasteiger partial charge in [0.05, 0.1) is 12.5 Å². The smallest absolute Gasteiger partial charge is 0.230 e. The molecule has 0 spiro atoms. The van der Waals surface area contributed by atoms with Crippen LogP contribution in [0.1, 0.15) is 0 Å². The minimum atomic E-state index is -3.17. The van der Waals surface area contributed by atoms with Gasteiger partial charge in [-0.15, -0.1) is 12.4 Å². The summed E-state index contributed by atoms with van der Waals surface area (Å²) < 4.78 is 23.3. The Hall–Kier alpha value is -0.750. The van der Waals surface area contributed by atoms with Crippen LogP contribution >= 0.6 is 12.4 Å². The van der Waals surface area contributed by atoms with Crippen LogP contribution in [0.3, 0.4) is 0 Å². The molecule has 0 amide bonds. The molecular formula is C4H8ClN3O2S. The van der Waals surface area contributed by atoms with Crippen molar-refractivity contribution in [2.45, 2.75) is 0 Å². The summed E-state index contributed by atoms with van der Waals surface area (Å²) in [6.45, 7) is 0. The minimum absolute atomic E-state index is 0. The van der Waals surface area contributed by atoms with Crippen LogP contribution in [0.15, 0.2) is 12.3 Å². The molecular weight excluding hydrogens is 190 g/mol. The Morgan fingerprint density at radius 2 is 2.27 bits per heavy atom. The van der Waals surface area contributed by atoms with E-state index in [1.54, 1.807) is 0 Å². The maximum atomic E-state index is 10.5. The number of rotatable bonds is 2. The average Bonchev–Trinajstić information content (AvgIpc) is 2.12. The second-order valence-electron chi connectivity index (χ2n) is 1.84. The molecule has 1 aromatic heterocycles. The molecule has 2 N–H and O–H groups in total. The molecule has 0 unspecified atom stereocenters. The molecule has 0 aliphatic carbocycles. The number of sulfonamides is 1. The van der Waals surface area contributed by atoms with Crippen LogP contribution < -0.4 is 4.72 Å². The van der Waals surface area contributed by atoms with Crippen LogP contribution in [0.25, 0.3) is 0 Å². The van der Waals surface area contributed by atoms with E-state index in [4.69, 9.17) is 0 Å². The molecule has 0 fully saturated rings. The molecule has 0 aliphatic rings. The lowest BCUT2D eigenvalue weighted by atomic mass is 10.7. The highest BCUT2D eigenvalue weighted by Crippen LogP contribution is 1.99. The molecule has 7 heteroatoms. The van der Waals surface area contributed by atoms with Gasteiger partial charge in [-0.05, 0) is 0 Å². The highest BCUT2D eigenvalue weighted by atomic mass is 35.5. The van der Waals surface area contributed by atoms with Crippen LogP contribution in [-0.4, -0.2) is 24.9 Å². The molecule has 0 radical (unpaired) electrons. The van der Waals surface area contributed by atoms with Gasteiger partial charge in [0.15, 0.2) is 0 Å². The minimum Gasteiger partial charge on any atom is -0.268 e. The molecule has 0 aromatic carbocycles. The van der Waals surface area contributed by atoms with Gasteiger partial charge in [0.1, 0.15) is 5.82 Å². The zero-order valence-electron chi connectivity index (χ0n) is 5.73. The maximum absolute atomic E-state index is 10.5. The van der Waals surface area contributed by atoms with E-state index in [0.717, 1.165) is 6.26 Å². The van der Waals surface area contributed by atoms with Crippen molar-refractivity contribution < 1.29 is 8.42 Å². The summed E-state index contributed by atoms with van der Waals surface area (Å²) in [4.78, 5) is 0. The molecule has 0 bridgehead atoms. The Balaban J connectivity index is 0.000001000. The molecule has 0 saturated heterocycles. The van der Waals surface area contributed by atoms with Crippen LogP contribution in [-0.2, 0) is 10.0 Å². The summed E-state index contributed by atoms with van der Waals surface area (Å²) in [6, 6.07) is 1.53. The molecule has 1 rings (SSSR count). The number of hydrogen-bond donors (Lipinski definition) is 2. The van der Waals surface area contributed by atoms with E-state index < -0.39 is 10.0 Å². The zero-order valence-corrected chi connectivity index (χ0v) is 7.37. The summed E-state index contributed by atoms with van der Waals surface area (Å²) in [7, 11) is -3.17. The van der Waals surface area contributed by atoms with Crippen molar-refractivity contribution >= 4 is 28.2 Å². The second-order valence-corrected chi connectivity index (χ2v) is 3.59. The number of nitrogens with one attached hydrogen (secondary N) is 2. The first kappa shape index (κ1) is 10.2. The molecule has 0 saturated carbocycles. The second kappa shape index (κ2) is 3.59. The zero-order chi connectivity index (χ0) is 7.61. The summed E-state index contributed by atoms with van der Waals surface area (Å²) in [5, 5.41) is 6.01. The number of nitrogens with zero attached hydrogens (tertiary/aromatic N) is 1. The Morgan fingerprint density at radius 3 is 2.64 bits per heavy atom. The fourth-order valence-electron chi connectivity index (χ4n) is 0.512. The highest BCUT2D eigenvalue weighted by molar-refractivity contribution is 7.92. The summed E-state index contributed by atoms with van der Waals surface area (Å²) in [6.07, 6.45) is 2.54. The van der Waals surface area contributed by atoms with Gasteiger partial charge < -0.3 is 0 Å². The first-order chi connectivity index (χ1) is 4.58. The fourth-order valence-corrected chi connectivity index (χ4v) is 1.03. The van der Waals surface area contributed by atoms with Crippen molar-refractivity contribution in [2.24, 2.45) is 0 Å². The first-order valence-electron chi connectivity index (χ1n) is 2.55. The lowest BCUT2D eigenvalue weighted by Crippen LogP contribution is -2.09. The summed E-state index contributed by atoms with van der Waals surface area (Å²) in [5.74, 6) is 0.377. The van der Waals surface area contributed by atoms with Gasteiger partial charge in [0.25, 0.3) is 0 Å². The third-order valence-electron chi connectivity index (χ3n) is 0.796. The van der Waals surface area contributed by atoms with E-state index in [-0.39, 0.29) is 12.4 Å². The molecule has 64 valence electrons. The first-order valence-corrected chi connectivity index (χ1v) is 4.44. The van der Waals surface area contributed by atoms with Gasteiger partial charge in [-0.3, -0.25) is 9.82 Å². The number of hydrogen-bond acceptors (Lipinski definition) is 3. The molecule has 0 aliphatic heterocycles. The van der Waals surface area contributed by atoms with Gasteiger partial charge in [0.2, 0.25) is 10.0 Å². The Bertz CT molecular complexity index is 293. The number of aromatic amines is 1.